The summed E-state index contributed by atoms with van der Waals surface area (Å²) in [4.78, 5) is 12.2. The summed E-state index contributed by atoms with van der Waals surface area (Å²) in [6.45, 7) is -2.40. The molecule has 0 radical (unpaired) electrons. The number of urea groups is 1. The van der Waals surface area contributed by atoms with Gasteiger partial charge in [0.2, 0.25) is 0 Å². The lowest BCUT2D eigenvalue weighted by Crippen LogP contribution is -2.35. The summed E-state index contributed by atoms with van der Waals surface area (Å²) in [6, 6.07) is 12.8. The van der Waals surface area contributed by atoms with Crippen LogP contribution in [0, 0.1) is 0 Å². The van der Waals surface area contributed by atoms with E-state index in [1.54, 1.807) is 6.07 Å². The molecule has 0 spiro atoms. The molecule has 1 unspecified atom stereocenters. The van der Waals surface area contributed by atoms with Gasteiger partial charge in [0.05, 0.1) is 12.6 Å². The number of anilines is 1. The van der Waals surface area contributed by atoms with Crippen LogP contribution in [0.15, 0.2) is 48.5 Å². The van der Waals surface area contributed by atoms with Gasteiger partial charge in [-0.05, 0) is 18.2 Å². The Morgan fingerprint density at radius 3 is 2.88 bits per heavy atom. The summed E-state index contributed by atoms with van der Waals surface area (Å²) in [7, 11) is 0. The van der Waals surface area contributed by atoms with E-state index in [0.29, 0.717) is 18.7 Å². The molecule has 126 valence electrons. The number of alkyl halides is 2. The van der Waals surface area contributed by atoms with Crippen molar-refractivity contribution in [2.24, 2.45) is 0 Å². The predicted molar refractivity (Wildman–Crippen MR) is 84.5 cm³/mol. The van der Waals surface area contributed by atoms with Crippen LogP contribution in [0.2, 0.25) is 0 Å². The second-order valence-corrected chi connectivity index (χ2v) is 5.23. The summed E-state index contributed by atoms with van der Waals surface area (Å²) >= 11 is 0. The zero-order chi connectivity index (χ0) is 16.9. The minimum atomic E-state index is -2.91. The van der Waals surface area contributed by atoms with Crippen molar-refractivity contribution < 1.29 is 23.0 Å². The van der Waals surface area contributed by atoms with Crippen molar-refractivity contribution in [1.82, 2.24) is 5.32 Å². The maximum absolute atomic E-state index is 12.2. The summed E-state index contributed by atoms with van der Waals surface area (Å²) < 4.78 is 34.3. The van der Waals surface area contributed by atoms with Gasteiger partial charge in [-0.3, -0.25) is 0 Å². The number of ether oxygens (including phenoxy) is 2. The molecule has 24 heavy (non-hydrogen) atoms. The van der Waals surface area contributed by atoms with Crippen LogP contribution in [0.3, 0.4) is 0 Å². The lowest BCUT2D eigenvalue weighted by Gasteiger charge is -2.26. The highest BCUT2D eigenvalue weighted by Crippen LogP contribution is 2.31. The molecular weight excluding hydrogens is 318 g/mol. The van der Waals surface area contributed by atoms with Gasteiger partial charge in [-0.2, -0.15) is 8.78 Å². The number of carbonyl (C=O) groups is 1. The molecule has 2 amide bonds. The minimum absolute atomic E-state index is 0.0146. The highest BCUT2D eigenvalue weighted by atomic mass is 19.3. The van der Waals surface area contributed by atoms with Crippen LogP contribution in [-0.2, 0) is 0 Å². The van der Waals surface area contributed by atoms with Crippen molar-refractivity contribution >= 4 is 11.7 Å². The van der Waals surface area contributed by atoms with Crippen LogP contribution in [-0.4, -0.2) is 19.2 Å². The van der Waals surface area contributed by atoms with Gasteiger partial charge in [0.25, 0.3) is 0 Å². The molecular formula is C17H16F2N2O3. The first kappa shape index (κ1) is 16.0. The zero-order valence-electron chi connectivity index (χ0n) is 12.7. The van der Waals surface area contributed by atoms with Gasteiger partial charge in [-0.15, -0.1) is 0 Å². The first-order valence-electron chi connectivity index (χ1n) is 7.46. The predicted octanol–water partition coefficient (Wildman–Crippen LogP) is 3.93. The number of amides is 2. The van der Waals surface area contributed by atoms with Gasteiger partial charge in [-0.1, -0.05) is 24.3 Å². The number of rotatable bonds is 4. The third kappa shape index (κ3) is 3.92. The van der Waals surface area contributed by atoms with Gasteiger partial charge >= 0.3 is 12.6 Å². The molecule has 0 aromatic heterocycles. The Hall–Kier alpha value is -2.83. The first-order valence-corrected chi connectivity index (χ1v) is 7.46. The number of nitrogens with one attached hydrogen (secondary N) is 2. The zero-order valence-corrected chi connectivity index (χ0v) is 12.7. The Kier molecular flexibility index (Phi) is 4.79. The number of benzene rings is 2. The maximum Gasteiger partial charge on any atom is 0.387 e. The van der Waals surface area contributed by atoms with E-state index in [2.05, 4.69) is 15.4 Å². The quantitative estimate of drug-likeness (QED) is 0.890. The summed E-state index contributed by atoms with van der Waals surface area (Å²) in [5, 5.41) is 5.48. The van der Waals surface area contributed by atoms with Gasteiger partial charge in [-0.25, -0.2) is 4.79 Å². The highest BCUT2D eigenvalue weighted by molar-refractivity contribution is 5.89. The smallest absolute Gasteiger partial charge is 0.387 e. The molecule has 2 aromatic carbocycles. The van der Waals surface area contributed by atoms with Crippen LogP contribution in [0.4, 0.5) is 19.3 Å². The van der Waals surface area contributed by atoms with Crippen molar-refractivity contribution in [2.45, 2.75) is 19.1 Å². The fourth-order valence-electron chi connectivity index (χ4n) is 2.57. The SMILES string of the molecule is O=C(Nc1cccc(OC(F)F)c1)NC1CCOc2ccccc21. The fraction of sp³-hybridized carbons (Fsp3) is 0.235. The number of halogens is 2. The molecule has 0 bridgehead atoms. The largest absolute Gasteiger partial charge is 0.493 e. The van der Waals surface area contributed by atoms with Crippen molar-refractivity contribution in [3.8, 4) is 11.5 Å². The van der Waals surface area contributed by atoms with E-state index >= 15 is 0 Å². The van der Waals surface area contributed by atoms with Crippen molar-refractivity contribution in [3.05, 3.63) is 54.1 Å². The van der Waals surface area contributed by atoms with Crippen molar-refractivity contribution in [3.63, 3.8) is 0 Å². The lowest BCUT2D eigenvalue weighted by atomic mass is 10.0. The van der Waals surface area contributed by atoms with Gasteiger partial charge < -0.3 is 20.1 Å². The van der Waals surface area contributed by atoms with Crippen molar-refractivity contribution in [1.29, 1.82) is 0 Å². The van der Waals surface area contributed by atoms with Crippen LogP contribution in [0.25, 0.3) is 0 Å². The third-order valence-corrected chi connectivity index (χ3v) is 3.58. The highest BCUT2D eigenvalue weighted by Gasteiger charge is 2.22. The number of carbonyl (C=O) groups excluding carboxylic acids is 1. The topological polar surface area (TPSA) is 59.6 Å². The lowest BCUT2D eigenvalue weighted by molar-refractivity contribution is -0.0497. The molecule has 0 saturated heterocycles. The number of para-hydroxylation sites is 1. The van der Waals surface area contributed by atoms with E-state index in [9.17, 15) is 13.6 Å². The van der Waals surface area contributed by atoms with E-state index in [-0.39, 0.29) is 11.8 Å². The van der Waals surface area contributed by atoms with Gasteiger partial charge in [0.15, 0.2) is 0 Å². The van der Waals surface area contributed by atoms with E-state index in [1.807, 2.05) is 24.3 Å². The van der Waals surface area contributed by atoms with E-state index in [0.717, 1.165) is 11.3 Å². The standard InChI is InChI=1S/C17H16F2N2O3/c18-16(19)24-12-5-3-4-11(10-12)20-17(22)21-14-8-9-23-15-7-2-1-6-13(14)15/h1-7,10,14,16H,8-9H2,(H2,20,21,22). The average Bonchev–Trinajstić information content (AvgIpc) is 2.55. The normalized spacial score (nSPS) is 16.0. The Morgan fingerprint density at radius 2 is 2.04 bits per heavy atom. The number of hydrogen-bond acceptors (Lipinski definition) is 3. The Labute approximate surface area is 137 Å². The Morgan fingerprint density at radius 1 is 1.21 bits per heavy atom. The Balaban J connectivity index is 1.64. The monoisotopic (exact) mass is 334 g/mol. The fourth-order valence-corrected chi connectivity index (χ4v) is 2.57. The molecule has 1 atom stereocenters. The summed E-state index contributed by atoms with van der Waals surface area (Å²) in [6.07, 6.45) is 0.652. The molecule has 2 aromatic rings. The van der Waals surface area contributed by atoms with E-state index < -0.39 is 12.6 Å². The first-order chi connectivity index (χ1) is 11.6. The second kappa shape index (κ2) is 7.16. The number of hydrogen-bond donors (Lipinski definition) is 2. The number of fused-ring (bicyclic) bond motifs is 1. The molecule has 0 fully saturated rings. The van der Waals surface area contributed by atoms with Crippen LogP contribution in [0.1, 0.15) is 18.0 Å². The molecule has 1 aliphatic rings. The molecule has 0 aliphatic carbocycles. The molecule has 0 saturated carbocycles. The Bertz CT molecular complexity index is 724. The minimum Gasteiger partial charge on any atom is -0.493 e. The average molecular weight is 334 g/mol. The molecule has 5 nitrogen and oxygen atoms in total. The summed E-state index contributed by atoms with van der Waals surface area (Å²) in [5.41, 5.74) is 1.28. The van der Waals surface area contributed by atoms with Crippen LogP contribution in [0.5, 0.6) is 11.5 Å². The molecule has 1 aliphatic heterocycles. The second-order valence-electron chi connectivity index (χ2n) is 5.23. The molecule has 2 N–H and O–H groups in total. The van der Waals surface area contributed by atoms with Gasteiger partial charge in [0, 0.05) is 23.7 Å². The van der Waals surface area contributed by atoms with E-state index in [1.165, 1.54) is 18.2 Å². The van der Waals surface area contributed by atoms with Crippen molar-refractivity contribution in [2.75, 3.05) is 11.9 Å². The van der Waals surface area contributed by atoms with E-state index in [4.69, 9.17) is 4.74 Å². The molecule has 3 rings (SSSR count). The van der Waals surface area contributed by atoms with Gasteiger partial charge in [0.1, 0.15) is 11.5 Å². The van der Waals surface area contributed by atoms with Crippen LogP contribution < -0.4 is 20.1 Å². The third-order valence-electron chi connectivity index (χ3n) is 3.58. The molecule has 1 heterocycles. The summed E-state index contributed by atoms with van der Waals surface area (Å²) in [5.74, 6) is 0.737. The maximum atomic E-state index is 12.2. The van der Waals surface area contributed by atoms with Crippen LogP contribution >= 0.6 is 0 Å². The molecule has 7 heteroatoms.